The molecule has 148 valence electrons. The van der Waals surface area contributed by atoms with Crippen LogP contribution in [0.5, 0.6) is 11.5 Å². The lowest BCUT2D eigenvalue weighted by atomic mass is 10.1. The molecule has 9 heteroatoms. The molecular formula is C19H18BrFN2O5. The summed E-state index contributed by atoms with van der Waals surface area (Å²) in [5.41, 5.74) is 3.70. The third-order valence-corrected chi connectivity index (χ3v) is 4.08. The quantitative estimate of drug-likeness (QED) is 0.378. The summed E-state index contributed by atoms with van der Waals surface area (Å²) in [6, 6.07) is 8.97. The number of hydrogen-bond acceptors (Lipinski definition) is 6. The summed E-state index contributed by atoms with van der Waals surface area (Å²) in [6.45, 7) is -0.266. The van der Waals surface area contributed by atoms with E-state index in [1.165, 1.54) is 44.7 Å². The highest BCUT2D eigenvalue weighted by Crippen LogP contribution is 2.36. The molecule has 0 aromatic heterocycles. The van der Waals surface area contributed by atoms with Gasteiger partial charge in [-0.05, 0) is 51.3 Å². The highest BCUT2D eigenvalue weighted by Gasteiger charge is 2.13. The van der Waals surface area contributed by atoms with Gasteiger partial charge in [0.2, 0.25) is 5.91 Å². The van der Waals surface area contributed by atoms with Crippen LogP contribution in [0.15, 0.2) is 46.0 Å². The molecule has 0 heterocycles. The number of rotatable bonds is 8. The third kappa shape index (κ3) is 6.34. The van der Waals surface area contributed by atoms with Crippen molar-refractivity contribution in [2.75, 3.05) is 20.8 Å². The van der Waals surface area contributed by atoms with Gasteiger partial charge in [0.1, 0.15) is 5.82 Å². The molecule has 0 saturated carbocycles. The molecule has 0 fully saturated rings. The third-order valence-electron chi connectivity index (χ3n) is 3.49. The van der Waals surface area contributed by atoms with Gasteiger partial charge in [0.25, 0.3) is 0 Å². The van der Waals surface area contributed by atoms with Crippen LogP contribution in [0.3, 0.4) is 0 Å². The van der Waals surface area contributed by atoms with E-state index in [1.54, 1.807) is 12.1 Å². The Morgan fingerprint density at radius 1 is 1.21 bits per heavy atom. The maximum Gasteiger partial charge on any atom is 0.343 e. The molecule has 2 rings (SSSR count). The number of nitrogens with zero attached hydrogens (tertiary/aromatic N) is 1. The summed E-state index contributed by atoms with van der Waals surface area (Å²) < 4.78 is 28.6. The van der Waals surface area contributed by atoms with Crippen LogP contribution in [0.25, 0.3) is 0 Å². The van der Waals surface area contributed by atoms with Crippen LogP contribution in [0.1, 0.15) is 11.1 Å². The summed E-state index contributed by atoms with van der Waals surface area (Å²) >= 11 is 3.35. The van der Waals surface area contributed by atoms with E-state index in [9.17, 15) is 14.0 Å². The minimum absolute atomic E-state index is 0.0743. The van der Waals surface area contributed by atoms with Crippen LogP contribution in [0, 0.1) is 5.82 Å². The summed E-state index contributed by atoms with van der Waals surface area (Å²) in [6.07, 6.45) is 1.50. The van der Waals surface area contributed by atoms with Gasteiger partial charge in [0, 0.05) is 0 Å². The van der Waals surface area contributed by atoms with Crippen molar-refractivity contribution in [1.82, 2.24) is 5.43 Å². The van der Waals surface area contributed by atoms with Crippen LogP contribution in [-0.4, -0.2) is 38.9 Å². The maximum absolute atomic E-state index is 12.9. The average Bonchev–Trinajstić information content (AvgIpc) is 2.68. The van der Waals surface area contributed by atoms with Gasteiger partial charge in [-0.1, -0.05) is 12.1 Å². The zero-order valence-corrected chi connectivity index (χ0v) is 16.8. The van der Waals surface area contributed by atoms with Gasteiger partial charge < -0.3 is 14.2 Å². The second-order valence-corrected chi connectivity index (χ2v) is 6.35. The fourth-order valence-electron chi connectivity index (χ4n) is 2.15. The first-order valence-electron chi connectivity index (χ1n) is 8.06. The molecule has 0 radical (unpaired) electrons. The highest BCUT2D eigenvalue weighted by atomic mass is 79.9. The summed E-state index contributed by atoms with van der Waals surface area (Å²) in [7, 11) is 2.72. The number of carbonyl (C=O) groups excluding carboxylic acids is 2. The smallest absolute Gasteiger partial charge is 0.343 e. The summed E-state index contributed by atoms with van der Waals surface area (Å²) in [4.78, 5) is 23.1. The average molecular weight is 453 g/mol. The van der Waals surface area contributed by atoms with Crippen molar-refractivity contribution in [3.63, 3.8) is 0 Å². The molecule has 2 aromatic rings. The minimum atomic E-state index is -0.525. The van der Waals surface area contributed by atoms with Gasteiger partial charge >= 0.3 is 5.97 Å². The fourth-order valence-corrected chi connectivity index (χ4v) is 2.72. The number of halogens is 2. The number of methoxy groups -OCH3 is 2. The first-order valence-corrected chi connectivity index (χ1v) is 8.85. The normalized spacial score (nSPS) is 10.6. The number of esters is 1. The SMILES string of the molecule is COC(=O)COc1c(Br)cc(/C=N/NC(=O)Cc2ccc(F)cc2)cc1OC. The molecule has 28 heavy (non-hydrogen) atoms. The van der Waals surface area contributed by atoms with Crippen molar-refractivity contribution in [3.05, 3.63) is 57.8 Å². The lowest BCUT2D eigenvalue weighted by Gasteiger charge is -2.12. The molecule has 0 saturated heterocycles. The fraction of sp³-hybridized carbons (Fsp3) is 0.211. The molecule has 0 aliphatic carbocycles. The molecule has 1 amide bonds. The maximum atomic E-state index is 12.9. The minimum Gasteiger partial charge on any atom is -0.493 e. The topological polar surface area (TPSA) is 86.2 Å². The Kier molecular flexibility index (Phi) is 7.94. The van der Waals surface area contributed by atoms with E-state index in [4.69, 9.17) is 9.47 Å². The molecule has 0 atom stereocenters. The van der Waals surface area contributed by atoms with Crippen molar-refractivity contribution in [1.29, 1.82) is 0 Å². The molecule has 0 bridgehead atoms. The second kappa shape index (κ2) is 10.4. The Bertz CT molecular complexity index is 871. The predicted octanol–water partition coefficient (Wildman–Crippen LogP) is 2.84. The van der Waals surface area contributed by atoms with Crippen molar-refractivity contribution >= 4 is 34.0 Å². The first kappa shape index (κ1) is 21.4. The molecule has 0 aliphatic rings. The Morgan fingerprint density at radius 3 is 2.57 bits per heavy atom. The first-order chi connectivity index (χ1) is 13.4. The van der Waals surface area contributed by atoms with E-state index in [1.807, 2.05) is 0 Å². The molecule has 2 aromatic carbocycles. The number of ether oxygens (including phenoxy) is 3. The summed E-state index contributed by atoms with van der Waals surface area (Å²) in [5.74, 6) is -0.515. The van der Waals surface area contributed by atoms with Gasteiger partial charge in [-0.2, -0.15) is 5.10 Å². The van der Waals surface area contributed by atoms with Crippen molar-refractivity contribution < 1.29 is 28.2 Å². The van der Waals surface area contributed by atoms with Gasteiger partial charge in [-0.15, -0.1) is 0 Å². The molecule has 0 spiro atoms. The Hall–Kier alpha value is -2.94. The zero-order chi connectivity index (χ0) is 20.5. The number of benzene rings is 2. The van der Waals surface area contributed by atoms with Gasteiger partial charge in [0.15, 0.2) is 18.1 Å². The highest BCUT2D eigenvalue weighted by molar-refractivity contribution is 9.10. The van der Waals surface area contributed by atoms with E-state index in [0.717, 1.165) is 0 Å². The molecule has 1 N–H and O–H groups in total. The molecular weight excluding hydrogens is 435 g/mol. The largest absolute Gasteiger partial charge is 0.493 e. The molecule has 0 unspecified atom stereocenters. The van der Waals surface area contributed by atoms with Gasteiger partial charge in [0.05, 0.1) is 31.3 Å². The van der Waals surface area contributed by atoms with E-state index in [2.05, 4.69) is 31.2 Å². The number of carbonyl (C=O) groups is 2. The molecule has 7 nitrogen and oxygen atoms in total. The number of amides is 1. The van der Waals surface area contributed by atoms with Crippen LogP contribution < -0.4 is 14.9 Å². The Morgan fingerprint density at radius 2 is 1.93 bits per heavy atom. The lowest BCUT2D eigenvalue weighted by Crippen LogP contribution is -2.19. The standard InChI is InChI=1S/C19H18BrFN2O5/c1-26-16-8-13(7-15(20)19(16)28-11-18(25)27-2)10-22-23-17(24)9-12-3-5-14(21)6-4-12/h3-8,10H,9,11H2,1-2H3,(H,23,24)/b22-10+. The predicted molar refractivity (Wildman–Crippen MR) is 104 cm³/mol. The van der Waals surface area contributed by atoms with Crippen LogP contribution >= 0.6 is 15.9 Å². The Balaban J connectivity index is 2.00. The molecule has 0 aliphatic heterocycles. The van der Waals surface area contributed by atoms with Gasteiger partial charge in [-0.3, -0.25) is 4.79 Å². The van der Waals surface area contributed by atoms with E-state index in [0.29, 0.717) is 27.1 Å². The van der Waals surface area contributed by atoms with Gasteiger partial charge in [-0.25, -0.2) is 14.6 Å². The van der Waals surface area contributed by atoms with Crippen LogP contribution in [-0.2, 0) is 20.7 Å². The van der Waals surface area contributed by atoms with Crippen molar-refractivity contribution in [3.8, 4) is 11.5 Å². The van der Waals surface area contributed by atoms with E-state index < -0.39 is 5.97 Å². The number of hydrazone groups is 1. The van der Waals surface area contributed by atoms with E-state index >= 15 is 0 Å². The monoisotopic (exact) mass is 452 g/mol. The lowest BCUT2D eigenvalue weighted by molar-refractivity contribution is -0.143. The zero-order valence-electron chi connectivity index (χ0n) is 15.2. The van der Waals surface area contributed by atoms with Crippen LogP contribution in [0.2, 0.25) is 0 Å². The second-order valence-electron chi connectivity index (χ2n) is 5.50. The van der Waals surface area contributed by atoms with Crippen molar-refractivity contribution in [2.24, 2.45) is 5.10 Å². The van der Waals surface area contributed by atoms with Crippen molar-refractivity contribution in [2.45, 2.75) is 6.42 Å². The number of nitrogens with one attached hydrogen (secondary N) is 1. The Labute approximate surface area is 169 Å². The van der Waals surface area contributed by atoms with Crippen LogP contribution in [0.4, 0.5) is 4.39 Å². The number of hydrogen-bond donors (Lipinski definition) is 1. The summed E-state index contributed by atoms with van der Waals surface area (Å²) in [5, 5.41) is 3.90. The van der Waals surface area contributed by atoms with E-state index in [-0.39, 0.29) is 24.8 Å².